The molecule has 0 aliphatic carbocycles. The number of ether oxygens (including phenoxy) is 1. The van der Waals surface area contributed by atoms with E-state index in [9.17, 15) is 4.79 Å². The zero-order valence-corrected chi connectivity index (χ0v) is 12.4. The highest BCUT2D eigenvalue weighted by Crippen LogP contribution is 2.24. The Morgan fingerprint density at radius 2 is 2.15 bits per heavy atom. The summed E-state index contributed by atoms with van der Waals surface area (Å²) in [6, 6.07) is 3.57. The Bertz CT molecular complexity index is 644. The number of benzene rings is 1. The van der Waals surface area contributed by atoms with E-state index in [1.807, 2.05) is 25.1 Å². The molecule has 106 valence electrons. The van der Waals surface area contributed by atoms with Crippen molar-refractivity contribution in [1.29, 1.82) is 0 Å². The second-order valence-corrected chi connectivity index (χ2v) is 5.18. The predicted octanol–water partition coefficient (Wildman–Crippen LogP) is 2.41. The molecule has 6 heteroatoms. The van der Waals surface area contributed by atoms with Gasteiger partial charge in [0.15, 0.2) is 0 Å². The molecule has 0 aliphatic rings. The number of esters is 1. The van der Waals surface area contributed by atoms with E-state index in [1.54, 1.807) is 12.3 Å². The molecule has 0 atom stereocenters. The second kappa shape index (κ2) is 6.15. The lowest BCUT2D eigenvalue weighted by Crippen LogP contribution is -2.12. The molecule has 0 bridgehead atoms. The highest BCUT2D eigenvalue weighted by atomic mass is 35.5. The standard InChI is InChI=1S/C14H16ClN3O2/c1-9(19)20-8-11-12(15)4-5-13-14(11)16-6-10(17-13)7-18(2)3/h4-6H,7-8H2,1-3H3. The normalized spacial score (nSPS) is 11.1. The summed E-state index contributed by atoms with van der Waals surface area (Å²) in [5.74, 6) is -0.352. The van der Waals surface area contributed by atoms with Crippen LogP contribution in [0.2, 0.25) is 5.02 Å². The minimum absolute atomic E-state index is 0.104. The van der Waals surface area contributed by atoms with Crippen LogP contribution in [0.25, 0.3) is 11.0 Å². The third kappa shape index (κ3) is 3.43. The summed E-state index contributed by atoms with van der Waals surface area (Å²) in [4.78, 5) is 21.9. The molecule has 1 heterocycles. The molecule has 0 saturated heterocycles. The summed E-state index contributed by atoms with van der Waals surface area (Å²) in [6.07, 6.45) is 1.72. The second-order valence-electron chi connectivity index (χ2n) is 4.77. The number of carbonyl (C=O) groups is 1. The molecule has 0 amide bonds. The Hall–Kier alpha value is -1.72. The van der Waals surface area contributed by atoms with Gasteiger partial charge in [-0.25, -0.2) is 4.98 Å². The van der Waals surface area contributed by atoms with Crippen molar-refractivity contribution in [2.75, 3.05) is 14.1 Å². The predicted molar refractivity (Wildman–Crippen MR) is 77.4 cm³/mol. The molecule has 2 aromatic rings. The maximum absolute atomic E-state index is 10.9. The molecule has 0 unspecified atom stereocenters. The largest absolute Gasteiger partial charge is 0.461 e. The van der Waals surface area contributed by atoms with Gasteiger partial charge in [-0.15, -0.1) is 0 Å². The molecule has 5 nitrogen and oxygen atoms in total. The number of carbonyl (C=O) groups excluding carboxylic acids is 1. The Labute approximate surface area is 122 Å². The Morgan fingerprint density at radius 1 is 1.40 bits per heavy atom. The highest BCUT2D eigenvalue weighted by molar-refractivity contribution is 6.32. The Morgan fingerprint density at radius 3 is 2.80 bits per heavy atom. The lowest BCUT2D eigenvalue weighted by Gasteiger charge is -2.11. The van der Waals surface area contributed by atoms with Gasteiger partial charge in [0.05, 0.1) is 22.9 Å². The van der Waals surface area contributed by atoms with Crippen molar-refractivity contribution in [3.05, 3.63) is 34.6 Å². The molecule has 20 heavy (non-hydrogen) atoms. The molecule has 2 rings (SSSR count). The zero-order chi connectivity index (χ0) is 14.7. The van der Waals surface area contributed by atoms with E-state index < -0.39 is 0 Å². The maximum Gasteiger partial charge on any atom is 0.302 e. The van der Waals surface area contributed by atoms with Crippen LogP contribution in [-0.4, -0.2) is 34.9 Å². The molecule has 1 aromatic heterocycles. The summed E-state index contributed by atoms with van der Waals surface area (Å²) in [5, 5.41) is 0.522. The fraction of sp³-hybridized carbons (Fsp3) is 0.357. The number of halogens is 1. The van der Waals surface area contributed by atoms with Crippen molar-refractivity contribution in [3.8, 4) is 0 Å². The van der Waals surface area contributed by atoms with Crippen LogP contribution in [0.5, 0.6) is 0 Å². The number of nitrogens with zero attached hydrogens (tertiary/aromatic N) is 3. The topological polar surface area (TPSA) is 55.3 Å². The number of hydrogen-bond acceptors (Lipinski definition) is 5. The van der Waals surface area contributed by atoms with Gasteiger partial charge in [-0.3, -0.25) is 9.78 Å². The average Bonchev–Trinajstić information content (AvgIpc) is 2.36. The van der Waals surface area contributed by atoms with Crippen molar-refractivity contribution in [3.63, 3.8) is 0 Å². The van der Waals surface area contributed by atoms with E-state index in [1.165, 1.54) is 6.92 Å². The van der Waals surface area contributed by atoms with Gasteiger partial charge in [0.2, 0.25) is 0 Å². The Kier molecular flexibility index (Phi) is 4.52. The van der Waals surface area contributed by atoms with Crippen LogP contribution in [0.4, 0.5) is 0 Å². The van der Waals surface area contributed by atoms with Crippen LogP contribution in [0, 0.1) is 0 Å². The highest BCUT2D eigenvalue weighted by Gasteiger charge is 2.11. The number of aromatic nitrogens is 2. The van der Waals surface area contributed by atoms with Crippen molar-refractivity contribution in [2.24, 2.45) is 0 Å². The maximum atomic E-state index is 10.9. The quantitative estimate of drug-likeness (QED) is 0.810. The first kappa shape index (κ1) is 14.7. The fourth-order valence-electron chi connectivity index (χ4n) is 1.87. The monoisotopic (exact) mass is 293 g/mol. The summed E-state index contributed by atoms with van der Waals surface area (Å²) < 4.78 is 5.01. The molecular formula is C14H16ClN3O2. The van der Waals surface area contributed by atoms with Gasteiger partial charge in [-0.2, -0.15) is 0 Å². The van der Waals surface area contributed by atoms with Gasteiger partial charge in [0, 0.05) is 24.1 Å². The third-order valence-electron chi connectivity index (χ3n) is 2.71. The molecule has 0 spiro atoms. The number of fused-ring (bicyclic) bond motifs is 1. The summed E-state index contributed by atoms with van der Waals surface area (Å²) >= 11 is 6.14. The average molecular weight is 294 g/mol. The zero-order valence-electron chi connectivity index (χ0n) is 11.7. The lowest BCUT2D eigenvalue weighted by atomic mass is 10.2. The van der Waals surface area contributed by atoms with E-state index in [0.29, 0.717) is 22.6 Å². The molecule has 0 saturated carbocycles. The van der Waals surface area contributed by atoms with E-state index in [0.717, 1.165) is 11.2 Å². The van der Waals surface area contributed by atoms with Crippen LogP contribution in [-0.2, 0) is 22.7 Å². The smallest absolute Gasteiger partial charge is 0.302 e. The van der Waals surface area contributed by atoms with Gasteiger partial charge < -0.3 is 9.64 Å². The third-order valence-corrected chi connectivity index (χ3v) is 3.06. The molecule has 0 radical (unpaired) electrons. The van der Waals surface area contributed by atoms with E-state index in [4.69, 9.17) is 16.3 Å². The first-order chi connectivity index (χ1) is 9.47. The minimum atomic E-state index is -0.352. The fourth-order valence-corrected chi connectivity index (χ4v) is 2.07. The van der Waals surface area contributed by atoms with Crippen LogP contribution in [0.15, 0.2) is 18.3 Å². The van der Waals surface area contributed by atoms with Crippen molar-refractivity contribution in [2.45, 2.75) is 20.1 Å². The van der Waals surface area contributed by atoms with Gasteiger partial charge in [-0.1, -0.05) is 11.6 Å². The Balaban J connectivity index is 2.41. The van der Waals surface area contributed by atoms with Gasteiger partial charge in [-0.05, 0) is 26.2 Å². The lowest BCUT2D eigenvalue weighted by molar-refractivity contribution is -0.142. The number of hydrogen-bond donors (Lipinski definition) is 0. The van der Waals surface area contributed by atoms with E-state index >= 15 is 0 Å². The summed E-state index contributed by atoms with van der Waals surface area (Å²) in [7, 11) is 3.94. The van der Waals surface area contributed by atoms with Gasteiger partial charge in [0.1, 0.15) is 6.61 Å². The molecule has 1 aromatic carbocycles. The van der Waals surface area contributed by atoms with E-state index in [-0.39, 0.29) is 12.6 Å². The molecule has 0 N–H and O–H groups in total. The minimum Gasteiger partial charge on any atom is -0.461 e. The van der Waals surface area contributed by atoms with Gasteiger partial charge in [0.25, 0.3) is 0 Å². The van der Waals surface area contributed by atoms with Crippen LogP contribution >= 0.6 is 11.6 Å². The van der Waals surface area contributed by atoms with Crippen molar-refractivity contribution >= 4 is 28.6 Å². The van der Waals surface area contributed by atoms with Gasteiger partial charge >= 0.3 is 5.97 Å². The molecule has 0 fully saturated rings. The summed E-state index contributed by atoms with van der Waals surface area (Å²) in [5.41, 5.74) is 2.98. The molecular weight excluding hydrogens is 278 g/mol. The van der Waals surface area contributed by atoms with Crippen LogP contribution < -0.4 is 0 Å². The van der Waals surface area contributed by atoms with Crippen molar-refractivity contribution in [1.82, 2.24) is 14.9 Å². The summed E-state index contributed by atoms with van der Waals surface area (Å²) in [6.45, 7) is 2.18. The van der Waals surface area contributed by atoms with Crippen molar-refractivity contribution < 1.29 is 9.53 Å². The van der Waals surface area contributed by atoms with Crippen LogP contribution in [0.1, 0.15) is 18.2 Å². The SMILES string of the molecule is CC(=O)OCc1c(Cl)ccc2nc(CN(C)C)cnc12. The van der Waals surface area contributed by atoms with Crippen LogP contribution in [0.3, 0.4) is 0 Å². The number of rotatable bonds is 4. The van der Waals surface area contributed by atoms with E-state index in [2.05, 4.69) is 9.97 Å². The first-order valence-electron chi connectivity index (χ1n) is 6.18. The molecule has 0 aliphatic heterocycles. The first-order valence-corrected chi connectivity index (χ1v) is 6.56.